The van der Waals surface area contributed by atoms with Crippen LogP contribution in [0.1, 0.15) is 50.4 Å². The zero-order valence-electron chi connectivity index (χ0n) is 35.8. The van der Waals surface area contributed by atoms with E-state index in [1.54, 1.807) is 54.3 Å². The number of ether oxygens (including phenoxy) is 5. The first-order chi connectivity index (χ1) is 30.9. The highest BCUT2D eigenvalue weighted by Crippen LogP contribution is 2.42. The molecule has 0 aliphatic carbocycles. The molecule has 0 saturated carbocycles. The van der Waals surface area contributed by atoms with E-state index in [2.05, 4.69) is 29.9 Å². The quantitative estimate of drug-likeness (QED) is 0.108. The standard InChI is InChI=1S/C24H23ClN4O4.C22H19ClN4O4/c1-5-33-23(30)21-20(18-12-27-24(32-4)28-22(18)31-3)17-11-16(25)6-7-19(17)29(21)13-15-8-9-26-14(2)10-15;1-12-8-13(6-7-24-12)11-27-17-5-4-14(23)9-15(17)18(19(27)21(28)29)16-10-25-22(31-3)26-20(16)30-2/h6-12H,5,13H2,1-4H3;4-10H,11H2,1-3H3,(H,28,29). The maximum Gasteiger partial charge on any atom is 0.355 e. The smallest absolute Gasteiger partial charge is 0.355 e. The van der Waals surface area contributed by atoms with Crippen molar-refractivity contribution in [1.29, 1.82) is 0 Å². The van der Waals surface area contributed by atoms with Crippen molar-refractivity contribution in [2.45, 2.75) is 33.9 Å². The summed E-state index contributed by atoms with van der Waals surface area (Å²) in [4.78, 5) is 51.2. The van der Waals surface area contributed by atoms with Gasteiger partial charge in [-0.2, -0.15) is 9.97 Å². The first-order valence-electron chi connectivity index (χ1n) is 19.7. The van der Waals surface area contributed by atoms with Gasteiger partial charge in [0.15, 0.2) is 0 Å². The summed E-state index contributed by atoms with van der Waals surface area (Å²) in [5, 5.41) is 12.6. The van der Waals surface area contributed by atoms with Crippen LogP contribution in [0.15, 0.2) is 85.5 Å². The summed E-state index contributed by atoms with van der Waals surface area (Å²) >= 11 is 12.6. The average molecular weight is 906 g/mol. The molecule has 0 spiro atoms. The first-order valence-corrected chi connectivity index (χ1v) is 20.4. The van der Waals surface area contributed by atoms with E-state index in [0.717, 1.165) is 33.4 Å². The van der Waals surface area contributed by atoms with Gasteiger partial charge in [-0.05, 0) is 92.6 Å². The van der Waals surface area contributed by atoms with Gasteiger partial charge in [0.1, 0.15) is 11.4 Å². The molecule has 6 aromatic heterocycles. The SMILES string of the molecule is CCOC(=O)c1c(-c2cnc(OC)nc2OC)c2cc(Cl)ccc2n1Cc1ccnc(C)c1.COc1ncc(-c2c(C(=O)O)n(Cc3ccnc(C)c3)c3ccc(Cl)cc23)c(OC)n1. The van der Waals surface area contributed by atoms with Crippen LogP contribution in [0, 0.1) is 13.8 Å². The number of aromatic nitrogens is 8. The number of esters is 1. The molecule has 0 saturated heterocycles. The third-order valence-electron chi connectivity index (χ3n) is 10.1. The predicted molar refractivity (Wildman–Crippen MR) is 241 cm³/mol. The molecule has 0 radical (unpaired) electrons. The van der Waals surface area contributed by atoms with E-state index in [9.17, 15) is 14.7 Å². The minimum Gasteiger partial charge on any atom is -0.480 e. The third kappa shape index (κ3) is 9.09. The van der Waals surface area contributed by atoms with Crippen molar-refractivity contribution in [3.8, 4) is 46.0 Å². The number of aryl methyl sites for hydroxylation is 2. The average Bonchev–Trinajstić information content (AvgIpc) is 3.77. The van der Waals surface area contributed by atoms with E-state index >= 15 is 0 Å². The Labute approximate surface area is 377 Å². The number of methoxy groups -OCH3 is 4. The number of benzene rings is 2. The number of hydrogen-bond donors (Lipinski definition) is 1. The first kappa shape index (κ1) is 44.7. The summed E-state index contributed by atoms with van der Waals surface area (Å²) in [5.74, 6) is -1.09. The van der Waals surface area contributed by atoms with Crippen molar-refractivity contribution < 1.29 is 38.4 Å². The fourth-order valence-corrected chi connectivity index (χ4v) is 7.83. The van der Waals surface area contributed by atoms with Crippen molar-refractivity contribution >= 4 is 56.9 Å². The summed E-state index contributed by atoms with van der Waals surface area (Å²) in [6, 6.07) is 18.7. The van der Waals surface area contributed by atoms with Crippen molar-refractivity contribution in [2.75, 3.05) is 35.0 Å². The molecule has 16 nitrogen and oxygen atoms in total. The number of halogens is 2. The largest absolute Gasteiger partial charge is 0.480 e. The van der Waals surface area contributed by atoms with E-state index in [0.29, 0.717) is 62.0 Å². The van der Waals surface area contributed by atoms with E-state index < -0.39 is 11.9 Å². The highest BCUT2D eigenvalue weighted by Gasteiger charge is 2.29. The van der Waals surface area contributed by atoms with Gasteiger partial charge >= 0.3 is 24.0 Å². The molecule has 0 amide bonds. The Bertz CT molecular complexity index is 3040. The van der Waals surface area contributed by atoms with Gasteiger partial charge in [0.25, 0.3) is 0 Å². The van der Waals surface area contributed by atoms with Crippen LogP contribution in [0.3, 0.4) is 0 Å². The lowest BCUT2D eigenvalue weighted by Crippen LogP contribution is -2.14. The molecule has 0 fully saturated rings. The second-order valence-electron chi connectivity index (χ2n) is 14.1. The van der Waals surface area contributed by atoms with E-state index in [1.165, 1.54) is 34.6 Å². The molecule has 0 atom stereocenters. The summed E-state index contributed by atoms with van der Waals surface area (Å²) in [7, 11) is 5.87. The minimum atomic E-state index is -1.09. The lowest BCUT2D eigenvalue weighted by Gasteiger charge is -2.13. The maximum absolute atomic E-state index is 13.3. The summed E-state index contributed by atoms with van der Waals surface area (Å²) in [5.41, 5.74) is 7.57. The van der Waals surface area contributed by atoms with Gasteiger partial charge in [-0.3, -0.25) is 9.97 Å². The normalized spacial score (nSPS) is 11.0. The molecule has 0 bridgehead atoms. The van der Waals surface area contributed by atoms with Gasteiger partial charge < -0.3 is 37.9 Å². The van der Waals surface area contributed by atoms with Crippen molar-refractivity contribution in [2.24, 2.45) is 0 Å². The highest BCUT2D eigenvalue weighted by atomic mass is 35.5. The molecule has 6 heterocycles. The Morgan fingerprint density at radius 1 is 0.625 bits per heavy atom. The van der Waals surface area contributed by atoms with Gasteiger partial charge in [0.05, 0.1) is 46.2 Å². The van der Waals surface area contributed by atoms with Crippen LogP contribution in [0.2, 0.25) is 10.0 Å². The third-order valence-corrected chi connectivity index (χ3v) is 10.5. The Balaban J connectivity index is 0.000000192. The molecule has 0 unspecified atom stereocenters. The molecule has 328 valence electrons. The van der Waals surface area contributed by atoms with Crippen molar-refractivity contribution in [3.63, 3.8) is 0 Å². The van der Waals surface area contributed by atoms with Crippen molar-refractivity contribution in [1.82, 2.24) is 39.0 Å². The molecule has 0 aliphatic heterocycles. The predicted octanol–water partition coefficient (Wildman–Crippen LogP) is 8.92. The molecule has 2 aromatic carbocycles. The van der Waals surface area contributed by atoms with Crippen LogP contribution in [0.5, 0.6) is 23.8 Å². The molecule has 64 heavy (non-hydrogen) atoms. The van der Waals surface area contributed by atoms with E-state index in [4.69, 9.17) is 46.9 Å². The van der Waals surface area contributed by atoms with Gasteiger partial charge in [0.2, 0.25) is 11.8 Å². The number of carbonyl (C=O) groups excluding carboxylic acids is 1. The fourth-order valence-electron chi connectivity index (χ4n) is 7.48. The Kier molecular flexibility index (Phi) is 13.6. The van der Waals surface area contributed by atoms with Crippen LogP contribution in [0.4, 0.5) is 0 Å². The molecular formula is C46H42Cl2N8O8. The summed E-state index contributed by atoms with van der Waals surface area (Å²) in [6.45, 7) is 6.57. The van der Waals surface area contributed by atoms with Crippen LogP contribution in [-0.2, 0) is 17.8 Å². The zero-order chi connectivity index (χ0) is 45.7. The van der Waals surface area contributed by atoms with Crippen LogP contribution < -0.4 is 18.9 Å². The van der Waals surface area contributed by atoms with E-state index in [-0.39, 0.29) is 36.1 Å². The number of carboxylic acid groups (broad SMARTS) is 1. The molecular weight excluding hydrogens is 863 g/mol. The fraction of sp³-hybridized carbons (Fsp3) is 0.217. The number of pyridine rings is 2. The summed E-state index contributed by atoms with van der Waals surface area (Å²) in [6.07, 6.45) is 6.52. The second-order valence-corrected chi connectivity index (χ2v) is 15.0. The molecule has 18 heteroatoms. The Morgan fingerprint density at radius 3 is 1.48 bits per heavy atom. The van der Waals surface area contributed by atoms with Gasteiger partial charge in [-0.25, -0.2) is 19.6 Å². The maximum atomic E-state index is 13.3. The molecule has 0 aliphatic rings. The summed E-state index contributed by atoms with van der Waals surface area (Å²) < 4.78 is 30.3. The lowest BCUT2D eigenvalue weighted by molar-refractivity contribution is 0.0515. The Morgan fingerprint density at radius 2 is 1.08 bits per heavy atom. The Hall–Kier alpha value is -7.30. The van der Waals surface area contributed by atoms with Crippen molar-refractivity contribution in [3.05, 3.63) is 129 Å². The molecule has 8 rings (SSSR count). The van der Waals surface area contributed by atoms with Crippen LogP contribution >= 0.6 is 23.2 Å². The van der Waals surface area contributed by atoms with Gasteiger partial charge in [-0.1, -0.05) is 23.2 Å². The number of rotatable bonds is 13. The van der Waals surface area contributed by atoms with E-state index in [1.807, 2.05) is 54.8 Å². The highest BCUT2D eigenvalue weighted by molar-refractivity contribution is 6.32. The number of nitrogens with zero attached hydrogens (tertiary/aromatic N) is 8. The lowest BCUT2D eigenvalue weighted by atomic mass is 10.0. The van der Waals surface area contributed by atoms with Crippen LogP contribution in [0.25, 0.3) is 44.1 Å². The molecule has 1 N–H and O–H groups in total. The van der Waals surface area contributed by atoms with Gasteiger partial charge in [-0.15, -0.1) is 0 Å². The number of aromatic carboxylic acids is 1. The van der Waals surface area contributed by atoms with Crippen LogP contribution in [-0.4, -0.2) is 91.1 Å². The topological polar surface area (TPSA) is 188 Å². The number of fused-ring (bicyclic) bond motifs is 2. The second kappa shape index (κ2) is 19.4. The number of hydrogen-bond acceptors (Lipinski definition) is 13. The number of carboxylic acids is 1. The minimum absolute atomic E-state index is 0.0822. The number of carbonyl (C=O) groups is 2. The van der Waals surface area contributed by atoms with Gasteiger partial charge in [0, 0.05) is 92.2 Å². The molecule has 8 aromatic rings. The zero-order valence-corrected chi connectivity index (χ0v) is 37.4. The monoisotopic (exact) mass is 904 g/mol.